The molecule has 6 heteroatoms. The fraction of sp³-hybridized carbons (Fsp3) is 0.240. The zero-order chi connectivity index (χ0) is 21.7. The van der Waals surface area contributed by atoms with E-state index in [4.69, 9.17) is 9.47 Å². The number of hydrogen-bond donors (Lipinski definition) is 1. The number of hydrogen-bond acceptors (Lipinski definition) is 4. The SMILES string of the molecule is O=C(N[C@@H](CCC[n+]1ccccc1)C(=O)OCc1ccccc1)OCc1ccccc1. The Kier molecular flexibility index (Phi) is 8.61. The van der Waals surface area contributed by atoms with Gasteiger partial charge in [-0.1, -0.05) is 66.7 Å². The van der Waals surface area contributed by atoms with Crippen LogP contribution in [0.2, 0.25) is 0 Å². The molecule has 0 radical (unpaired) electrons. The molecule has 0 spiro atoms. The Labute approximate surface area is 182 Å². The Hall–Kier alpha value is -3.67. The molecule has 3 aromatic rings. The van der Waals surface area contributed by atoms with E-state index in [1.807, 2.05) is 95.8 Å². The van der Waals surface area contributed by atoms with Crippen molar-refractivity contribution in [3.8, 4) is 0 Å². The molecule has 1 N–H and O–H groups in total. The van der Waals surface area contributed by atoms with E-state index in [9.17, 15) is 9.59 Å². The van der Waals surface area contributed by atoms with Gasteiger partial charge in [0.15, 0.2) is 12.4 Å². The zero-order valence-electron chi connectivity index (χ0n) is 17.4. The third-order valence-electron chi connectivity index (χ3n) is 4.70. The molecular formula is C25H27N2O4+. The molecule has 0 aliphatic rings. The van der Waals surface area contributed by atoms with Crippen molar-refractivity contribution in [2.45, 2.75) is 38.6 Å². The van der Waals surface area contributed by atoms with Crippen LogP contribution in [0.3, 0.4) is 0 Å². The molecule has 2 aromatic carbocycles. The van der Waals surface area contributed by atoms with Crippen molar-refractivity contribution in [1.29, 1.82) is 0 Å². The molecule has 0 aliphatic heterocycles. The van der Waals surface area contributed by atoms with Gasteiger partial charge >= 0.3 is 12.1 Å². The predicted molar refractivity (Wildman–Crippen MR) is 116 cm³/mol. The standard InChI is InChI=1S/C25H26N2O4/c28-24(30-19-21-11-4-1-5-12-21)23(15-10-18-27-16-8-3-9-17-27)26-25(29)31-20-22-13-6-2-7-14-22/h1-9,11-14,16-17,23H,10,15,18-20H2/p+1/t23-/m0/s1. The maximum atomic E-state index is 12.7. The Morgan fingerprint density at radius 1 is 0.774 bits per heavy atom. The van der Waals surface area contributed by atoms with E-state index in [1.54, 1.807) is 0 Å². The van der Waals surface area contributed by atoms with Crippen molar-refractivity contribution >= 4 is 12.1 Å². The minimum absolute atomic E-state index is 0.137. The number of aryl methyl sites for hydroxylation is 1. The maximum Gasteiger partial charge on any atom is 0.408 e. The number of benzene rings is 2. The molecule has 0 saturated heterocycles. The average Bonchev–Trinajstić information content (AvgIpc) is 2.82. The second kappa shape index (κ2) is 12.1. The van der Waals surface area contributed by atoms with Crippen molar-refractivity contribution in [3.05, 3.63) is 102 Å². The van der Waals surface area contributed by atoms with E-state index in [0.717, 1.165) is 17.7 Å². The van der Waals surface area contributed by atoms with Gasteiger partial charge in [-0.15, -0.1) is 0 Å². The smallest absolute Gasteiger partial charge is 0.408 e. The van der Waals surface area contributed by atoms with Crippen LogP contribution >= 0.6 is 0 Å². The van der Waals surface area contributed by atoms with Crippen molar-refractivity contribution in [1.82, 2.24) is 5.32 Å². The summed E-state index contributed by atoms with van der Waals surface area (Å²) in [5.74, 6) is -0.474. The normalized spacial score (nSPS) is 11.4. The fourth-order valence-electron chi connectivity index (χ4n) is 3.05. The highest BCUT2D eigenvalue weighted by molar-refractivity contribution is 5.81. The van der Waals surface area contributed by atoms with Crippen molar-refractivity contribution < 1.29 is 23.6 Å². The summed E-state index contributed by atoms with van der Waals surface area (Å²) in [6, 6.07) is 23.9. The summed E-state index contributed by atoms with van der Waals surface area (Å²) in [5, 5.41) is 2.66. The van der Waals surface area contributed by atoms with Crippen LogP contribution in [0.1, 0.15) is 24.0 Å². The van der Waals surface area contributed by atoms with Gasteiger partial charge in [0.05, 0.1) is 0 Å². The summed E-state index contributed by atoms with van der Waals surface area (Å²) in [7, 11) is 0. The molecule has 1 heterocycles. The largest absolute Gasteiger partial charge is 0.459 e. The molecular weight excluding hydrogens is 392 g/mol. The third-order valence-corrected chi connectivity index (χ3v) is 4.70. The summed E-state index contributed by atoms with van der Waals surface area (Å²) in [5.41, 5.74) is 1.77. The first kappa shape index (κ1) is 22.0. The predicted octanol–water partition coefficient (Wildman–Crippen LogP) is 3.79. The summed E-state index contributed by atoms with van der Waals surface area (Å²) >= 11 is 0. The molecule has 0 aliphatic carbocycles. The second-order valence-electron chi connectivity index (χ2n) is 7.11. The van der Waals surface area contributed by atoms with Crippen LogP contribution in [0.15, 0.2) is 91.3 Å². The van der Waals surface area contributed by atoms with E-state index in [-0.39, 0.29) is 13.2 Å². The lowest BCUT2D eigenvalue weighted by Gasteiger charge is -2.17. The number of pyridine rings is 1. The van der Waals surface area contributed by atoms with E-state index in [2.05, 4.69) is 5.32 Å². The Bertz CT molecular complexity index is 934. The summed E-state index contributed by atoms with van der Waals surface area (Å²) < 4.78 is 12.7. The fourth-order valence-corrected chi connectivity index (χ4v) is 3.05. The van der Waals surface area contributed by atoms with Crippen LogP contribution in [-0.4, -0.2) is 18.1 Å². The van der Waals surface area contributed by atoms with Gasteiger partial charge in [0, 0.05) is 18.6 Å². The number of amides is 1. The number of ether oxygens (including phenoxy) is 2. The zero-order valence-corrected chi connectivity index (χ0v) is 17.4. The van der Waals surface area contributed by atoms with Gasteiger partial charge in [-0.05, 0) is 17.5 Å². The summed E-state index contributed by atoms with van der Waals surface area (Å²) in [4.78, 5) is 25.0. The minimum atomic E-state index is -0.781. The lowest BCUT2D eigenvalue weighted by molar-refractivity contribution is -0.697. The molecule has 0 fully saturated rings. The molecule has 0 saturated carbocycles. The second-order valence-corrected chi connectivity index (χ2v) is 7.11. The Morgan fingerprint density at radius 3 is 1.94 bits per heavy atom. The van der Waals surface area contributed by atoms with E-state index < -0.39 is 18.1 Å². The summed E-state index contributed by atoms with van der Waals surface area (Å²) in [6.45, 7) is 1.02. The van der Waals surface area contributed by atoms with E-state index in [0.29, 0.717) is 12.8 Å². The van der Waals surface area contributed by atoms with E-state index in [1.165, 1.54) is 0 Å². The van der Waals surface area contributed by atoms with Gasteiger partial charge in [-0.3, -0.25) is 0 Å². The molecule has 31 heavy (non-hydrogen) atoms. The number of nitrogens with zero attached hydrogens (tertiary/aromatic N) is 1. The van der Waals surface area contributed by atoms with Gasteiger partial charge in [-0.25, -0.2) is 14.2 Å². The highest BCUT2D eigenvalue weighted by Crippen LogP contribution is 2.07. The number of rotatable bonds is 10. The van der Waals surface area contributed by atoms with Gasteiger partial charge < -0.3 is 14.8 Å². The molecule has 160 valence electrons. The number of alkyl carbamates (subject to hydrolysis) is 1. The lowest BCUT2D eigenvalue weighted by atomic mass is 10.1. The number of esters is 1. The highest BCUT2D eigenvalue weighted by Gasteiger charge is 2.23. The van der Waals surface area contributed by atoms with Crippen molar-refractivity contribution in [2.24, 2.45) is 0 Å². The molecule has 1 amide bonds. The van der Waals surface area contributed by atoms with E-state index >= 15 is 0 Å². The van der Waals surface area contributed by atoms with Crippen LogP contribution in [-0.2, 0) is 34.0 Å². The van der Waals surface area contributed by atoms with Gasteiger partial charge in [0.1, 0.15) is 25.8 Å². The highest BCUT2D eigenvalue weighted by atomic mass is 16.6. The van der Waals surface area contributed by atoms with Crippen molar-refractivity contribution in [3.63, 3.8) is 0 Å². The quantitative estimate of drug-likeness (QED) is 0.401. The molecule has 1 aromatic heterocycles. The number of carbonyl (C=O) groups is 2. The molecule has 3 rings (SSSR count). The molecule has 6 nitrogen and oxygen atoms in total. The van der Waals surface area contributed by atoms with Crippen LogP contribution in [0.5, 0.6) is 0 Å². The monoisotopic (exact) mass is 419 g/mol. The van der Waals surface area contributed by atoms with Gasteiger partial charge in [0.25, 0.3) is 0 Å². The molecule has 1 atom stereocenters. The third kappa shape index (κ3) is 7.93. The lowest BCUT2D eigenvalue weighted by Crippen LogP contribution is -2.43. The van der Waals surface area contributed by atoms with Gasteiger partial charge in [-0.2, -0.15) is 0 Å². The van der Waals surface area contributed by atoms with Crippen LogP contribution < -0.4 is 9.88 Å². The van der Waals surface area contributed by atoms with Crippen LogP contribution in [0.25, 0.3) is 0 Å². The minimum Gasteiger partial charge on any atom is -0.459 e. The average molecular weight is 420 g/mol. The topological polar surface area (TPSA) is 68.5 Å². The Balaban J connectivity index is 1.54. The first-order chi connectivity index (χ1) is 15.2. The first-order valence-corrected chi connectivity index (χ1v) is 10.3. The van der Waals surface area contributed by atoms with Crippen molar-refractivity contribution in [2.75, 3.05) is 0 Å². The number of carbonyl (C=O) groups excluding carboxylic acids is 2. The Morgan fingerprint density at radius 2 is 1.32 bits per heavy atom. The van der Waals surface area contributed by atoms with Crippen LogP contribution in [0.4, 0.5) is 4.79 Å². The number of aromatic nitrogens is 1. The number of nitrogens with one attached hydrogen (secondary N) is 1. The summed E-state index contributed by atoms with van der Waals surface area (Å²) in [6.07, 6.45) is 4.42. The molecule has 0 bridgehead atoms. The van der Waals surface area contributed by atoms with Gasteiger partial charge in [0.2, 0.25) is 0 Å². The molecule has 0 unspecified atom stereocenters. The first-order valence-electron chi connectivity index (χ1n) is 10.3. The van der Waals surface area contributed by atoms with Crippen LogP contribution in [0, 0.1) is 0 Å². The maximum absolute atomic E-state index is 12.7.